The molecule has 0 bridgehead atoms. The molecule has 0 saturated carbocycles. The Labute approximate surface area is 153 Å². The third kappa shape index (κ3) is 4.16. The Morgan fingerprint density at radius 2 is 2.04 bits per heavy atom. The smallest absolute Gasteiger partial charge is 0.339 e. The van der Waals surface area contributed by atoms with Crippen molar-refractivity contribution >= 4 is 11.7 Å². The highest BCUT2D eigenvalue weighted by Gasteiger charge is 2.35. The van der Waals surface area contributed by atoms with E-state index < -0.39 is 12.1 Å². The molecule has 144 valence electrons. The van der Waals surface area contributed by atoms with E-state index in [1.165, 1.54) is 6.07 Å². The predicted molar refractivity (Wildman–Crippen MR) is 98.1 cm³/mol. The minimum atomic E-state index is -0.502. The first kappa shape index (κ1) is 19.1. The van der Waals surface area contributed by atoms with E-state index in [4.69, 9.17) is 9.84 Å². The van der Waals surface area contributed by atoms with E-state index >= 15 is 0 Å². The molecule has 6 nitrogen and oxygen atoms in total. The maximum absolute atomic E-state index is 14.8. The third-order valence-corrected chi connectivity index (χ3v) is 5.07. The van der Waals surface area contributed by atoms with Crippen molar-refractivity contribution in [3.05, 3.63) is 29.1 Å². The fourth-order valence-corrected chi connectivity index (χ4v) is 3.64. The van der Waals surface area contributed by atoms with E-state index in [0.29, 0.717) is 30.6 Å². The number of β-amino-alcohol motifs (C(OH)–C–C–N with tert-alkyl or cyclic N) is 1. The van der Waals surface area contributed by atoms with Crippen LogP contribution in [0.5, 0.6) is 0 Å². The number of anilines is 1. The van der Waals surface area contributed by atoms with E-state index in [1.54, 1.807) is 6.07 Å². The molecule has 2 aliphatic heterocycles. The Bertz CT molecular complexity index is 633. The number of aliphatic hydroxyl groups excluding tert-OH is 1. The molecule has 1 aromatic rings. The summed E-state index contributed by atoms with van der Waals surface area (Å²) < 4.78 is 20.2. The second-order valence-corrected chi connectivity index (χ2v) is 6.87. The van der Waals surface area contributed by atoms with E-state index in [0.717, 1.165) is 44.8 Å². The van der Waals surface area contributed by atoms with Crippen LogP contribution >= 0.6 is 0 Å². The van der Waals surface area contributed by atoms with Crippen LogP contribution in [0.15, 0.2) is 12.1 Å². The number of benzene rings is 1. The fourth-order valence-electron chi connectivity index (χ4n) is 3.64. The average Bonchev–Trinajstić information content (AvgIpc) is 2.96. The van der Waals surface area contributed by atoms with Crippen LogP contribution in [0.3, 0.4) is 0 Å². The highest BCUT2D eigenvalue weighted by Crippen LogP contribution is 2.37. The Morgan fingerprint density at radius 1 is 1.27 bits per heavy atom. The standard InChI is InChI=1S/C19H28FN3O3/c1-2-4-21-5-3-17-18-15(19(25)26-17)12-14(13-16(18)20)23-8-6-22(7-9-23)10-11-24/h12-13,17,21,24H,2-11H2,1H3. The first-order valence-electron chi connectivity index (χ1n) is 9.47. The molecule has 0 aliphatic carbocycles. The lowest BCUT2D eigenvalue weighted by molar-refractivity contribution is 0.0365. The van der Waals surface area contributed by atoms with Crippen molar-refractivity contribution in [1.29, 1.82) is 0 Å². The molecular weight excluding hydrogens is 337 g/mol. The number of esters is 1. The summed E-state index contributed by atoms with van der Waals surface area (Å²) in [7, 11) is 0. The number of ether oxygens (including phenoxy) is 1. The van der Waals surface area contributed by atoms with E-state index in [2.05, 4.69) is 22.0 Å². The van der Waals surface area contributed by atoms with Gasteiger partial charge < -0.3 is 20.1 Å². The summed E-state index contributed by atoms with van der Waals surface area (Å²) in [6, 6.07) is 3.29. The highest BCUT2D eigenvalue weighted by atomic mass is 19.1. The van der Waals surface area contributed by atoms with Crippen LogP contribution in [0.1, 0.15) is 41.8 Å². The van der Waals surface area contributed by atoms with Gasteiger partial charge in [0.15, 0.2) is 0 Å². The zero-order valence-electron chi connectivity index (χ0n) is 15.3. The number of hydrogen-bond acceptors (Lipinski definition) is 6. The molecule has 3 rings (SSSR count). The molecule has 26 heavy (non-hydrogen) atoms. The fraction of sp³-hybridized carbons (Fsp3) is 0.632. The quantitative estimate of drug-likeness (QED) is 0.538. The van der Waals surface area contributed by atoms with Gasteiger partial charge in [-0.25, -0.2) is 9.18 Å². The van der Waals surface area contributed by atoms with Gasteiger partial charge in [0.1, 0.15) is 11.9 Å². The molecule has 1 saturated heterocycles. The number of carbonyl (C=O) groups excluding carboxylic acids is 1. The Hall–Kier alpha value is -1.70. The summed E-state index contributed by atoms with van der Waals surface area (Å²) in [6.45, 7) is 7.61. The molecule has 0 radical (unpaired) electrons. The van der Waals surface area contributed by atoms with Crippen LogP contribution in [-0.4, -0.2) is 68.4 Å². The summed E-state index contributed by atoms with van der Waals surface area (Å²) in [4.78, 5) is 16.5. The van der Waals surface area contributed by atoms with Gasteiger partial charge in [-0.15, -0.1) is 0 Å². The van der Waals surface area contributed by atoms with E-state index in [9.17, 15) is 9.18 Å². The number of carbonyl (C=O) groups is 1. The van der Waals surface area contributed by atoms with Crippen LogP contribution in [0.4, 0.5) is 10.1 Å². The number of fused-ring (bicyclic) bond motifs is 1. The van der Waals surface area contributed by atoms with Gasteiger partial charge in [-0.05, 0) is 31.6 Å². The van der Waals surface area contributed by atoms with Gasteiger partial charge in [0.2, 0.25) is 0 Å². The highest BCUT2D eigenvalue weighted by molar-refractivity contribution is 5.95. The SMILES string of the molecule is CCCNCCC1OC(=O)c2cc(N3CCN(CCO)CC3)cc(F)c21. The van der Waals surface area contributed by atoms with Gasteiger partial charge >= 0.3 is 5.97 Å². The molecule has 0 amide bonds. The molecule has 7 heteroatoms. The molecule has 1 fully saturated rings. The molecule has 0 spiro atoms. The summed E-state index contributed by atoms with van der Waals surface area (Å²) in [5.74, 6) is -0.790. The second kappa shape index (κ2) is 8.79. The van der Waals surface area contributed by atoms with Gasteiger partial charge in [-0.3, -0.25) is 4.90 Å². The van der Waals surface area contributed by atoms with Crippen LogP contribution in [0.25, 0.3) is 0 Å². The van der Waals surface area contributed by atoms with Crippen molar-refractivity contribution < 1.29 is 19.0 Å². The number of hydrogen-bond donors (Lipinski definition) is 2. The van der Waals surface area contributed by atoms with Gasteiger partial charge in [0.25, 0.3) is 0 Å². The average molecular weight is 365 g/mol. The molecule has 2 aliphatic rings. The Kier molecular flexibility index (Phi) is 6.45. The molecule has 2 N–H and O–H groups in total. The number of halogens is 1. The molecule has 1 aromatic carbocycles. The lowest BCUT2D eigenvalue weighted by atomic mass is 10.0. The van der Waals surface area contributed by atoms with Crippen molar-refractivity contribution in [2.45, 2.75) is 25.9 Å². The summed E-state index contributed by atoms with van der Waals surface area (Å²) >= 11 is 0. The molecule has 1 unspecified atom stereocenters. The first-order valence-corrected chi connectivity index (χ1v) is 9.47. The van der Waals surface area contributed by atoms with Crippen LogP contribution < -0.4 is 10.2 Å². The largest absolute Gasteiger partial charge is 0.454 e. The predicted octanol–water partition coefficient (Wildman–Crippen LogP) is 1.54. The minimum Gasteiger partial charge on any atom is -0.454 e. The number of nitrogens with one attached hydrogen (secondary N) is 1. The normalized spacial score (nSPS) is 20.3. The van der Waals surface area contributed by atoms with Gasteiger partial charge in [-0.2, -0.15) is 0 Å². The topological polar surface area (TPSA) is 65.0 Å². The number of cyclic esters (lactones) is 1. The van der Waals surface area contributed by atoms with Gasteiger partial charge in [0.05, 0.1) is 12.2 Å². The number of piperazine rings is 1. The van der Waals surface area contributed by atoms with Crippen LogP contribution in [0.2, 0.25) is 0 Å². The third-order valence-electron chi connectivity index (χ3n) is 5.07. The minimum absolute atomic E-state index is 0.147. The lowest BCUT2D eigenvalue weighted by Crippen LogP contribution is -2.47. The number of aliphatic hydroxyl groups is 1. The first-order chi connectivity index (χ1) is 12.6. The maximum atomic E-state index is 14.8. The summed E-state index contributed by atoms with van der Waals surface area (Å²) in [5.41, 5.74) is 1.49. The van der Waals surface area contributed by atoms with E-state index in [-0.39, 0.29) is 12.4 Å². The van der Waals surface area contributed by atoms with Crippen molar-refractivity contribution in [3.63, 3.8) is 0 Å². The molecule has 0 aromatic heterocycles. The number of nitrogens with zero attached hydrogens (tertiary/aromatic N) is 2. The molecular formula is C19H28FN3O3. The zero-order chi connectivity index (χ0) is 18.5. The molecule has 2 heterocycles. The van der Waals surface area contributed by atoms with E-state index in [1.807, 2.05) is 0 Å². The summed E-state index contributed by atoms with van der Waals surface area (Å²) in [5, 5.41) is 12.3. The number of rotatable bonds is 8. The Balaban J connectivity index is 1.70. The van der Waals surface area contributed by atoms with Crippen LogP contribution in [-0.2, 0) is 4.74 Å². The monoisotopic (exact) mass is 365 g/mol. The summed E-state index contributed by atoms with van der Waals surface area (Å²) in [6.07, 6.45) is 1.11. The van der Waals surface area contributed by atoms with Gasteiger partial charge in [0, 0.05) is 50.4 Å². The molecule has 1 atom stereocenters. The zero-order valence-corrected chi connectivity index (χ0v) is 15.3. The van der Waals surface area contributed by atoms with Crippen molar-refractivity contribution in [2.24, 2.45) is 0 Å². The maximum Gasteiger partial charge on any atom is 0.339 e. The van der Waals surface area contributed by atoms with Crippen molar-refractivity contribution in [2.75, 3.05) is 57.3 Å². The second-order valence-electron chi connectivity index (χ2n) is 6.87. The Morgan fingerprint density at radius 3 is 2.73 bits per heavy atom. The van der Waals surface area contributed by atoms with Crippen molar-refractivity contribution in [3.8, 4) is 0 Å². The van der Waals surface area contributed by atoms with Crippen molar-refractivity contribution in [1.82, 2.24) is 10.2 Å². The lowest BCUT2D eigenvalue weighted by Gasteiger charge is -2.36. The van der Waals surface area contributed by atoms with Gasteiger partial charge in [-0.1, -0.05) is 6.92 Å². The van der Waals surface area contributed by atoms with Crippen LogP contribution in [0, 0.1) is 5.82 Å².